The highest BCUT2D eigenvalue weighted by Gasteiger charge is 2.36. The lowest BCUT2D eigenvalue weighted by atomic mass is 10.2. The van der Waals surface area contributed by atoms with E-state index in [0.29, 0.717) is 6.07 Å². The lowest BCUT2D eigenvalue weighted by Crippen LogP contribution is -2.30. The summed E-state index contributed by atoms with van der Waals surface area (Å²) in [4.78, 5) is -0.483. The molecule has 0 radical (unpaired) electrons. The van der Waals surface area contributed by atoms with E-state index in [4.69, 9.17) is 11.6 Å². The van der Waals surface area contributed by atoms with Gasteiger partial charge in [-0.2, -0.15) is 17.5 Å². The van der Waals surface area contributed by atoms with Crippen LogP contribution >= 0.6 is 11.6 Å². The number of halogens is 4. The smallest absolute Gasteiger partial charge is 0.392 e. The Morgan fingerprint density at radius 3 is 2.50 bits per heavy atom. The maximum atomic E-state index is 12.7. The topological polar surface area (TPSA) is 57.6 Å². The molecule has 0 saturated carbocycles. The van der Waals surface area contributed by atoms with Gasteiger partial charge in [-0.1, -0.05) is 11.6 Å². The van der Waals surface area contributed by atoms with Crippen molar-refractivity contribution in [3.8, 4) is 0 Å². The first-order chi connectivity index (χ1) is 9.12. The van der Waals surface area contributed by atoms with Crippen molar-refractivity contribution in [1.29, 1.82) is 0 Å². The molecule has 0 spiro atoms. The molecule has 1 heterocycles. The highest BCUT2D eigenvalue weighted by Crippen LogP contribution is 2.36. The van der Waals surface area contributed by atoms with E-state index >= 15 is 0 Å². The van der Waals surface area contributed by atoms with Crippen molar-refractivity contribution in [2.75, 3.05) is 13.1 Å². The van der Waals surface area contributed by atoms with Gasteiger partial charge < -0.3 is 5.11 Å². The standard InChI is InChI=1S/C11H11ClF3NO3S/c12-10-2-1-8(5-9(10)11(13,14)15)20(18,19)16-4-3-7(17)6-16/h1-2,5,7,17H,3-4,6H2/t7-/m0/s1. The molecule has 20 heavy (non-hydrogen) atoms. The predicted octanol–water partition coefficient (Wildman–Crippen LogP) is 2.11. The van der Waals surface area contributed by atoms with Crippen molar-refractivity contribution in [2.45, 2.75) is 23.6 Å². The van der Waals surface area contributed by atoms with E-state index in [1.807, 2.05) is 0 Å². The number of hydrogen-bond acceptors (Lipinski definition) is 3. The molecule has 1 aromatic rings. The summed E-state index contributed by atoms with van der Waals surface area (Å²) in [6.07, 6.45) is -5.26. The zero-order valence-electron chi connectivity index (χ0n) is 10.1. The van der Waals surface area contributed by atoms with Crippen LogP contribution in [-0.2, 0) is 16.2 Å². The van der Waals surface area contributed by atoms with Gasteiger partial charge in [0.15, 0.2) is 0 Å². The second-order valence-electron chi connectivity index (χ2n) is 4.44. The molecule has 1 aliphatic heterocycles. The Morgan fingerprint density at radius 2 is 2.00 bits per heavy atom. The Hall–Kier alpha value is -0.830. The summed E-state index contributed by atoms with van der Waals surface area (Å²) < 4.78 is 63.5. The van der Waals surface area contributed by atoms with Gasteiger partial charge in [-0.15, -0.1) is 0 Å². The van der Waals surface area contributed by atoms with Crippen LogP contribution in [0.25, 0.3) is 0 Å². The van der Waals surface area contributed by atoms with Crippen LogP contribution < -0.4 is 0 Å². The zero-order chi connectivity index (χ0) is 15.1. The van der Waals surface area contributed by atoms with E-state index in [1.54, 1.807) is 0 Å². The number of sulfonamides is 1. The van der Waals surface area contributed by atoms with Crippen LogP contribution in [0.3, 0.4) is 0 Å². The fraction of sp³-hybridized carbons (Fsp3) is 0.455. The Labute approximate surface area is 118 Å². The van der Waals surface area contributed by atoms with E-state index in [0.717, 1.165) is 16.4 Å². The minimum Gasteiger partial charge on any atom is -0.392 e. The molecule has 4 nitrogen and oxygen atoms in total. The van der Waals surface area contributed by atoms with Crippen molar-refractivity contribution < 1.29 is 26.7 Å². The maximum absolute atomic E-state index is 12.7. The number of benzene rings is 1. The number of aliphatic hydroxyl groups is 1. The van der Waals surface area contributed by atoms with Crippen molar-refractivity contribution in [2.24, 2.45) is 0 Å². The minimum atomic E-state index is -4.73. The SMILES string of the molecule is O=S(=O)(c1ccc(Cl)c(C(F)(F)F)c1)N1CC[C@H](O)C1. The molecule has 1 aliphatic rings. The second kappa shape index (κ2) is 5.18. The zero-order valence-corrected chi connectivity index (χ0v) is 11.6. The molecule has 2 rings (SSSR count). The summed E-state index contributed by atoms with van der Waals surface area (Å²) >= 11 is 5.45. The lowest BCUT2D eigenvalue weighted by Gasteiger charge is -2.17. The molecule has 0 amide bonds. The van der Waals surface area contributed by atoms with Gasteiger partial charge in [-0.25, -0.2) is 8.42 Å². The molecule has 1 fully saturated rings. The summed E-state index contributed by atoms with van der Waals surface area (Å²) in [6, 6.07) is 2.45. The molecule has 1 saturated heterocycles. The van der Waals surface area contributed by atoms with Gasteiger partial charge in [0, 0.05) is 13.1 Å². The van der Waals surface area contributed by atoms with Gasteiger partial charge in [0.05, 0.1) is 21.6 Å². The normalized spacial score (nSPS) is 21.4. The molecule has 0 unspecified atom stereocenters. The van der Waals surface area contributed by atoms with Crippen molar-refractivity contribution in [3.63, 3.8) is 0 Å². The average Bonchev–Trinajstić information content (AvgIpc) is 2.75. The molecule has 0 bridgehead atoms. The molecule has 1 aromatic carbocycles. The summed E-state index contributed by atoms with van der Waals surface area (Å²) in [6.45, 7) is -0.0419. The summed E-state index contributed by atoms with van der Waals surface area (Å²) in [7, 11) is -4.06. The van der Waals surface area contributed by atoms with Crippen LogP contribution in [0.2, 0.25) is 5.02 Å². The highest BCUT2D eigenvalue weighted by molar-refractivity contribution is 7.89. The lowest BCUT2D eigenvalue weighted by molar-refractivity contribution is -0.137. The second-order valence-corrected chi connectivity index (χ2v) is 6.79. The largest absolute Gasteiger partial charge is 0.417 e. The number of hydrogen-bond donors (Lipinski definition) is 1. The van der Waals surface area contributed by atoms with Crippen LogP contribution in [0.4, 0.5) is 13.2 Å². The molecule has 9 heteroatoms. The maximum Gasteiger partial charge on any atom is 0.417 e. The van der Waals surface area contributed by atoms with Gasteiger partial charge in [0.2, 0.25) is 10.0 Å². The van der Waals surface area contributed by atoms with Crippen molar-refractivity contribution in [1.82, 2.24) is 4.31 Å². The first-order valence-corrected chi connectivity index (χ1v) is 7.49. The van der Waals surface area contributed by atoms with Crippen molar-refractivity contribution >= 4 is 21.6 Å². The molecular weight excluding hydrogens is 319 g/mol. The van der Waals surface area contributed by atoms with Crippen LogP contribution in [0.5, 0.6) is 0 Å². The quantitative estimate of drug-likeness (QED) is 0.904. The Bertz CT molecular complexity index is 618. The summed E-state index contributed by atoms with van der Waals surface area (Å²) in [5.74, 6) is 0. The Morgan fingerprint density at radius 1 is 1.35 bits per heavy atom. The van der Waals surface area contributed by atoms with Crippen LogP contribution in [0.15, 0.2) is 23.1 Å². The number of alkyl halides is 3. The van der Waals surface area contributed by atoms with Gasteiger partial charge >= 0.3 is 6.18 Å². The third kappa shape index (κ3) is 2.93. The van der Waals surface area contributed by atoms with Crippen LogP contribution in [0, 0.1) is 0 Å². The Kier molecular flexibility index (Phi) is 4.03. The molecule has 1 N–H and O–H groups in total. The van der Waals surface area contributed by atoms with Gasteiger partial charge in [-0.3, -0.25) is 0 Å². The molecule has 1 atom stereocenters. The predicted molar refractivity (Wildman–Crippen MR) is 65.8 cm³/mol. The highest BCUT2D eigenvalue weighted by atomic mass is 35.5. The number of rotatable bonds is 2. The number of nitrogens with zero attached hydrogens (tertiary/aromatic N) is 1. The van der Waals surface area contributed by atoms with Crippen LogP contribution in [0.1, 0.15) is 12.0 Å². The van der Waals surface area contributed by atoms with Gasteiger partial charge in [0.1, 0.15) is 0 Å². The fourth-order valence-corrected chi connectivity index (χ4v) is 3.70. The molecule has 0 aliphatic carbocycles. The van der Waals surface area contributed by atoms with E-state index in [-0.39, 0.29) is 19.5 Å². The monoisotopic (exact) mass is 329 g/mol. The third-order valence-corrected chi connectivity index (χ3v) is 5.20. The fourth-order valence-electron chi connectivity index (χ4n) is 1.96. The minimum absolute atomic E-state index is 0.0769. The van der Waals surface area contributed by atoms with E-state index in [2.05, 4.69) is 0 Å². The number of β-amino-alcohol motifs (C(OH)–C–C–N with tert-alkyl or cyclic N) is 1. The number of aliphatic hydroxyl groups excluding tert-OH is 1. The van der Waals surface area contributed by atoms with E-state index in [1.165, 1.54) is 0 Å². The summed E-state index contributed by atoms with van der Waals surface area (Å²) in [5.41, 5.74) is -1.19. The molecular formula is C11H11ClF3NO3S. The first kappa shape index (κ1) is 15.6. The van der Waals surface area contributed by atoms with Crippen molar-refractivity contribution in [3.05, 3.63) is 28.8 Å². The van der Waals surface area contributed by atoms with Gasteiger partial charge in [0.25, 0.3) is 0 Å². The Balaban J connectivity index is 2.43. The van der Waals surface area contributed by atoms with Gasteiger partial charge in [-0.05, 0) is 24.6 Å². The van der Waals surface area contributed by atoms with Crippen LogP contribution in [-0.4, -0.2) is 37.0 Å². The van der Waals surface area contributed by atoms with E-state index < -0.39 is 37.8 Å². The summed E-state index contributed by atoms with van der Waals surface area (Å²) in [5, 5.41) is 8.77. The first-order valence-electron chi connectivity index (χ1n) is 5.67. The molecule has 112 valence electrons. The molecule has 0 aromatic heterocycles. The average molecular weight is 330 g/mol. The third-order valence-electron chi connectivity index (χ3n) is 3.01. The van der Waals surface area contributed by atoms with E-state index in [9.17, 15) is 26.7 Å².